The van der Waals surface area contributed by atoms with Crippen LogP contribution in [0.1, 0.15) is 70.5 Å². The molecule has 0 saturated carbocycles. The zero-order valence-electron chi connectivity index (χ0n) is 15.0. The molecule has 0 unspecified atom stereocenters. The Morgan fingerprint density at radius 3 is 1.58 bits per heavy atom. The fraction of sp³-hybridized carbons (Fsp3) is 0.529. The summed E-state index contributed by atoms with van der Waals surface area (Å²) in [6.07, 6.45) is 2.72. The van der Waals surface area contributed by atoms with Crippen molar-refractivity contribution in [1.29, 1.82) is 0 Å². The Morgan fingerprint density at radius 2 is 1.29 bits per heavy atom. The van der Waals surface area contributed by atoms with Crippen LogP contribution in [0.25, 0.3) is 0 Å². The molecule has 0 N–H and O–H groups in total. The minimum Gasteiger partial charge on any atom is -0.261 e. The van der Waals surface area contributed by atoms with E-state index in [4.69, 9.17) is 0 Å². The van der Waals surface area contributed by atoms with Crippen molar-refractivity contribution in [1.82, 2.24) is 19.9 Å². The SMILES string of the molecule is CC.CC(C)c1cnc(C(F)(F)F)cn1.CC(C)c1cnccn1. The molecule has 2 rings (SSSR count). The first-order valence-corrected chi connectivity index (χ1v) is 7.86. The first-order chi connectivity index (χ1) is 11.2. The number of hydrogen-bond donors (Lipinski definition) is 0. The predicted octanol–water partition coefficient (Wildman–Crippen LogP) is 5.25. The molecule has 0 saturated heterocycles. The molecule has 134 valence electrons. The van der Waals surface area contributed by atoms with Crippen molar-refractivity contribution in [3.8, 4) is 0 Å². The second-order valence-electron chi connectivity index (χ2n) is 5.26. The molecule has 0 aliphatic heterocycles. The van der Waals surface area contributed by atoms with Crippen LogP contribution in [0.5, 0.6) is 0 Å². The van der Waals surface area contributed by atoms with Crippen LogP contribution in [0.2, 0.25) is 0 Å². The van der Waals surface area contributed by atoms with Gasteiger partial charge in [0.05, 0.1) is 17.6 Å². The van der Waals surface area contributed by atoms with Crippen molar-refractivity contribution >= 4 is 0 Å². The van der Waals surface area contributed by atoms with E-state index in [1.54, 1.807) is 18.6 Å². The highest BCUT2D eigenvalue weighted by Crippen LogP contribution is 2.26. The standard InChI is InChI=1S/C8H9F3N2.C7H10N2.C2H6/c1-5(2)6-3-13-7(4-12-6)8(9,10)11;1-6(2)7-5-8-3-4-9-7;1-2/h3-5H,1-2H3;3-6H,1-2H3;1-2H3. The van der Waals surface area contributed by atoms with Gasteiger partial charge in [-0.25, -0.2) is 4.98 Å². The molecular weight excluding hydrogens is 317 g/mol. The van der Waals surface area contributed by atoms with Crippen molar-refractivity contribution < 1.29 is 13.2 Å². The lowest BCUT2D eigenvalue weighted by Crippen LogP contribution is -2.09. The van der Waals surface area contributed by atoms with E-state index < -0.39 is 11.9 Å². The first-order valence-electron chi connectivity index (χ1n) is 7.86. The molecule has 0 amide bonds. The molecule has 0 aromatic carbocycles. The molecule has 0 aliphatic carbocycles. The molecule has 2 aromatic heterocycles. The molecular formula is C17H25F3N4. The van der Waals surface area contributed by atoms with Crippen LogP contribution in [-0.2, 0) is 6.18 Å². The summed E-state index contributed by atoms with van der Waals surface area (Å²) in [5.41, 5.74) is 0.669. The van der Waals surface area contributed by atoms with Gasteiger partial charge in [0.2, 0.25) is 0 Å². The maximum Gasteiger partial charge on any atom is 0.434 e. The monoisotopic (exact) mass is 342 g/mol. The Bertz CT molecular complexity index is 552. The molecule has 0 fully saturated rings. The minimum absolute atomic E-state index is 0.0924. The summed E-state index contributed by atoms with van der Waals surface area (Å²) < 4.78 is 36.1. The number of aromatic nitrogens is 4. The molecule has 2 aromatic rings. The van der Waals surface area contributed by atoms with E-state index in [9.17, 15) is 13.2 Å². The van der Waals surface area contributed by atoms with Crippen molar-refractivity contribution in [3.05, 3.63) is 48.1 Å². The first kappa shape index (κ1) is 21.9. The lowest BCUT2D eigenvalue weighted by atomic mass is 10.1. The Labute approximate surface area is 141 Å². The van der Waals surface area contributed by atoms with Gasteiger partial charge in [-0.1, -0.05) is 41.5 Å². The van der Waals surface area contributed by atoms with Gasteiger partial charge in [-0.2, -0.15) is 13.2 Å². The number of halogens is 3. The average Bonchev–Trinajstić information content (AvgIpc) is 2.57. The van der Waals surface area contributed by atoms with Gasteiger partial charge < -0.3 is 0 Å². The summed E-state index contributed by atoms with van der Waals surface area (Å²) in [6.45, 7) is 11.9. The minimum atomic E-state index is -4.40. The van der Waals surface area contributed by atoms with Gasteiger partial charge in [-0.05, 0) is 11.8 Å². The van der Waals surface area contributed by atoms with Crippen LogP contribution >= 0.6 is 0 Å². The van der Waals surface area contributed by atoms with Gasteiger partial charge >= 0.3 is 6.18 Å². The van der Waals surface area contributed by atoms with E-state index in [1.807, 2.05) is 27.7 Å². The summed E-state index contributed by atoms with van der Waals surface area (Å²) in [6, 6.07) is 0. The normalized spacial score (nSPS) is 10.6. The van der Waals surface area contributed by atoms with Gasteiger partial charge in [0.25, 0.3) is 0 Å². The molecule has 0 aliphatic rings. The lowest BCUT2D eigenvalue weighted by Gasteiger charge is -2.06. The summed E-state index contributed by atoms with van der Waals surface area (Å²) in [4.78, 5) is 15.0. The Morgan fingerprint density at radius 1 is 0.750 bits per heavy atom. The van der Waals surface area contributed by atoms with Gasteiger partial charge in [-0.3, -0.25) is 15.0 Å². The molecule has 0 atom stereocenters. The van der Waals surface area contributed by atoms with E-state index >= 15 is 0 Å². The second kappa shape index (κ2) is 10.7. The second-order valence-corrected chi connectivity index (χ2v) is 5.26. The van der Waals surface area contributed by atoms with Crippen molar-refractivity contribution in [3.63, 3.8) is 0 Å². The van der Waals surface area contributed by atoms with Crippen LogP contribution in [0, 0.1) is 0 Å². The van der Waals surface area contributed by atoms with Gasteiger partial charge in [0, 0.05) is 24.8 Å². The fourth-order valence-electron chi connectivity index (χ4n) is 1.39. The quantitative estimate of drug-likeness (QED) is 0.748. The number of nitrogens with zero attached hydrogens (tertiary/aromatic N) is 4. The van der Waals surface area contributed by atoms with Crippen molar-refractivity contribution in [2.75, 3.05) is 0 Å². The summed E-state index contributed by atoms with van der Waals surface area (Å²) in [5, 5.41) is 0. The van der Waals surface area contributed by atoms with E-state index in [2.05, 4.69) is 33.8 Å². The third-order valence-electron chi connectivity index (χ3n) is 2.73. The zero-order valence-corrected chi connectivity index (χ0v) is 15.0. The van der Waals surface area contributed by atoms with Gasteiger partial charge in [0.1, 0.15) is 0 Å². The fourth-order valence-corrected chi connectivity index (χ4v) is 1.39. The zero-order chi connectivity index (χ0) is 18.8. The lowest BCUT2D eigenvalue weighted by molar-refractivity contribution is -0.141. The summed E-state index contributed by atoms with van der Waals surface area (Å²) >= 11 is 0. The molecule has 0 bridgehead atoms. The molecule has 0 radical (unpaired) electrons. The highest BCUT2D eigenvalue weighted by atomic mass is 19.4. The maximum absolute atomic E-state index is 12.0. The largest absolute Gasteiger partial charge is 0.434 e. The number of hydrogen-bond acceptors (Lipinski definition) is 4. The summed E-state index contributed by atoms with van der Waals surface area (Å²) in [5.74, 6) is 0.577. The highest BCUT2D eigenvalue weighted by Gasteiger charge is 2.32. The third kappa shape index (κ3) is 7.99. The molecule has 24 heavy (non-hydrogen) atoms. The molecule has 7 heteroatoms. The van der Waals surface area contributed by atoms with Crippen LogP contribution < -0.4 is 0 Å². The Hall–Kier alpha value is -2.05. The van der Waals surface area contributed by atoms with Crippen molar-refractivity contribution in [2.45, 2.75) is 59.6 Å². The highest BCUT2D eigenvalue weighted by molar-refractivity contribution is 5.07. The smallest absolute Gasteiger partial charge is 0.261 e. The molecule has 2 heterocycles. The van der Waals surface area contributed by atoms with E-state index in [0.717, 1.165) is 18.1 Å². The number of rotatable bonds is 2. The molecule has 4 nitrogen and oxygen atoms in total. The molecule has 0 spiro atoms. The van der Waals surface area contributed by atoms with Crippen LogP contribution in [0.15, 0.2) is 31.0 Å². The van der Waals surface area contributed by atoms with Crippen LogP contribution in [-0.4, -0.2) is 19.9 Å². The average molecular weight is 342 g/mol. The van der Waals surface area contributed by atoms with E-state index in [-0.39, 0.29) is 5.92 Å². The number of alkyl halides is 3. The van der Waals surface area contributed by atoms with E-state index in [0.29, 0.717) is 11.6 Å². The van der Waals surface area contributed by atoms with E-state index in [1.165, 1.54) is 0 Å². The Kier molecular flexibility index (Phi) is 9.76. The Balaban J connectivity index is 0.000000420. The van der Waals surface area contributed by atoms with Crippen molar-refractivity contribution in [2.24, 2.45) is 0 Å². The van der Waals surface area contributed by atoms with Crippen LogP contribution in [0.3, 0.4) is 0 Å². The third-order valence-corrected chi connectivity index (χ3v) is 2.73. The van der Waals surface area contributed by atoms with Crippen LogP contribution in [0.4, 0.5) is 13.2 Å². The topological polar surface area (TPSA) is 51.6 Å². The van der Waals surface area contributed by atoms with Gasteiger partial charge in [0.15, 0.2) is 5.69 Å². The maximum atomic E-state index is 12.0. The van der Waals surface area contributed by atoms with Gasteiger partial charge in [-0.15, -0.1) is 0 Å². The predicted molar refractivity (Wildman–Crippen MR) is 88.6 cm³/mol. The summed E-state index contributed by atoms with van der Waals surface area (Å²) in [7, 11) is 0.